The Bertz CT molecular complexity index is 1680. The number of methoxy groups -OCH3 is 1. The molecule has 0 unspecified atom stereocenters. The van der Waals surface area contributed by atoms with Gasteiger partial charge in [-0.2, -0.15) is 0 Å². The molecule has 0 spiro atoms. The maximum absolute atomic E-state index is 15.4. The van der Waals surface area contributed by atoms with Gasteiger partial charge in [-0.3, -0.25) is 9.56 Å². The van der Waals surface area contributed by atoms with Gasteiger partial charge in [0, 0.05) is 33.9 Å². The van der Waals surface area contributed by atoms with Crippen molar-refractivity contribution in [3.63, 3.8) is 0 Å². The number of quaternary nitrogens is 1. The molecule has 0 radical (unpaired) electrons. The summed E-state index contributed by atoms with van der Waals surface area (Å²) in [5, 5.41) is 14.1. The molecule has 0 saturated carbocycles. The molecule has 0 amide bonds. The first-order valence-electron chi connectivity index (χ1n) is 14.1. The SMILES string of the molecule is COc1cc(C(C)(C)c2cnc(SCc3c(F)cc(C([O-])=N[C@@H]4CC[N+](C)(C)C4)cc3Cl)n2-c2ccc(F)cc2)ccc1Cl. The van der Waals surface area contributed by atoms with Crippen LogP contribution in [0.3, 0.4) is 0 Å². The van der Waals surface area contributed by atoms with Crippen molar-refractivity contribution >= 4 is 40.9 Å². The lowest BCUT2D eigenvalue weighted by Crippen LogP contribution is -2.37. The highest BCUT2D eigenvalue weighted by atomic mass is 35.5. The van der Waals surface area contributed by atoms with Gasteiger partial charge >= 0.3 is 0 Å². The molecule has 2 heterocycles. The number of halogens is 4. The van der Waals surface area contributed by atoms with E-state index in [1.165, 1.54) is 36.0 Å². The Hall–Kier alpha value is -3.11. The van der Waals surface area contributed by atoms with Crippen LogP contribution in [-0.4, -0.2) is 60.3 Å². The van der Waals surface area contributed by atoms with Gasteiger partial charge in [0.25, 0.3) is 0 Å². The minimum atomic E-state index is -0.584. The quantitative estimate of drug-likeness (QED) is 0.0838. The molecule has 0 N–H and O–H groups in total. The van der Waals surface area contributed by atoms with Gasteiger partial charge in [-0.05, 0) is 65.6 Å². The number of aliphatic imine (C=N–C) groups is 1. The van der Waals surface area contributed by atoms with Crippen molar-refractivity contribution in [1.29, 1.82) is 0 Å². The van der Waals surface area contributed by atoms with E-state index in [0.29, 0.717) is 21.6 Å². The van der Waals surface area contributed by atoms with Gasteiger partial charge in [-0.15, -0.1) is 0 Å². The number of thioether (sulfide) groups is 1. The molecule has 5 rings (SSSR count). The third kappa shape index (κ3) is 6.76. The molecule has 1 aliphatic rings. The molecule has 1 fully saturated rings. The van der Waals surface area contributed by atoms with Crippen LogP contribution in [0.2, 0.25) is 10.0 Å². The van der Waals surface area contributed by atoms with E-state index in [1.807, 2.05) is 30.5 Å². The maximum Gasteiger partial charge on any atom is 0.173 e. The minimum absolute atomic E-state index is 0.0905. The molecule has 11 heteroatoms. The highest BCUT2D eigenvalue weighted by Gasteiger charge is 2.31. The molecule has 232 valence electrons. The van der Waals surface area contributed by atoms with Gasteiger partial charge in [-0.1, -0.05) is 54.9 Å². The van der Waals surface area contributed by atoms with Crippen LogP contribution >= 0.6 is 35.0 Å². The molecular weight excluding hydrogens is 625 g/mol. The zero-order valence-electron chi connectivity index (χ0n) is 25.2. The zero-order valence-corrected chi connectivity index (χ0v) is 27.5. The monoisotopic (exact) mass is 658 g/mol. The third-order valence-electron chi connectivity index (χ3n) is 8.13. The van der Waals surface area contributed by atoms with E-state index in [1.54, 1.807) is 31.5 Å². The van der Waals surface area contributed by atoms with Crippen molar-refractivity contribution in [3.8, 4) is 11.4 Å². The van der Waals surface area contributed by atoms with Crippen LogP contribution in [0, 0.1) is 11.6 Å². The molecule has 1 saturated heterocycles. The summed E-state index contributed by atoms with van der Waals surface area (Å²) in [4.78, 5) is 9.02. The van der Waals surface area contributed by atoms with Crippen LogP contribution in [0.4, 0.5) is 8.78 Å². The summed E-state index contributed by atoms with van der Waals surface area (Å²) in [7, 11) is 5.76. The molecule has 4 aromatic rings. The Labute approximate surface area is 270 Å². The van der Waals surface area contributed by atoms with E-state index in [2.05, 4.69) is 19.1 Å². The van der Waals surface area contributed by atoms with Crippen molar-refractivity contribution < 1.29 is 23.1 Å². The molecule has 6 nitrogen and oxygen atoms in total. The minimum Gasteiger partial charge on any atom is -0.858 e. The molecule has 0 bridgehead atoms. The van der Waals surface area contributed by atoms with Crippen LogP contribution in [-0.2, 0) is 11.2 Å². The van der Waals surface area contributed by atoms with E-state index in [4.69, 9.17) is 32.9 Å². The van der Waals surface area contributed by atoms with Crippen molar-refractivity contribution in [2.45, 2.75) is 42.6 Å². The normalized spacial score (nSPS) is 16.8. The second kappa shape index (κ2) is 12.7. The summed E-state index contributed by atoms with van der Waals surface area (Å²) < 4.78 is 37.5. The summed E-state index contributed by atoms with van der Waals surface area (Å²) in [6.45, 7) is 5.79. The number of likely N-dealkylation sites (tertiary alicyclic amines) is 1. The van der Waals surface area contributed by atoms with Crippen molar-refractivity contribution in [3.05, 3.63) is 105 Å². The molecule has 0 aliphatic carbocycles. The van der Waals surface area contributed by atoms with Gasteiger partial charge < -0.3 is 14.3 Å². The number of hydrogen-bond donors (Lipinski definition) is 0. The highest BCUT2D eigenvalue weighted by molar-refractivity contribution is 7.98. The van der Waals surface area contributed by atoms with Gasteiger partial charge in [0.15, 0.2) is 5.16 Å². The lowest BCUT2D eigenvalue weighted by Gasteiger charge is -2.28. The van der Waals surface area contributed by atoms with Crippen LogP contribution in [0.1, 0.15) is 42.7 Å². The van der Waals surface area contributed by atoms with Gasteiger partial charge in [-0.25, -0.2) is 13.8 Å². The van der Waals surface area contributed by atoms with Gasteiger partial charge in [0.05, 0.1) is 44.7 Å². The Kier molecular flexibility index (Phi) is 9.33. The summed E-state index contributed by atoms with van der Waals surface area (Å²) in [6, 6.07) is 14.3. The topological polar surface area (TPSA) is 62.5 Å². The molecule has 1 aliphatic heterocycles. The van der Waals surface area contributed by atoms with Crippen molar-refractivity contribution in [1.82, 2.24) is 9.55 Å². The Balaban J connectivity index is 1.46. The van der Waals surface area contributed by atoms with E-state index < -0.39 is 17.1 Å². The number of aromatic nitrogens is 2. The summed E-state index contributed by atoms with van der Waals surface area (Å²) in [5.74, 6) is -0.713. The summed E-state index contributed by atoms with van der Waals surface area (Å²) in [5.41, 5.74) is 2.24. The lowest BCUT2D eigenvalue weighted by atomic mass is 9.81. The number of ether oxygens (including phenoxy) is 1. The Morgan fingerprint density at radius 1 is 1.11 bits per heavy atom. The highest BCUT2D eigenvalue weighted by Crippen LogP contribution is 2.39. The average molecular weight is 660 g/mol. The van der Waals surface area contributed by atoms with E-state index >= 15 is 4.39 Å². The van der Waals surface area contributed by atoms with Gasteiger partial charge in [0.1, 0.15) is 30.0 Å². The number of likely N-dealkylation sites (N-methyl/N-ethyl adjacent to an activating group) is 1. The summed E-state index contributed by atoms with van der Waals surface area (Å²) in [6.07, 6.45) is 2.58. The first kappa shape index (κ1) is 32.3. The van der Waals surface area contributed by atoms with Crippen LogP contribution in [0.25, 0.3) is 5.69 Å². The third-order valence-corrected chi connectivity index (χ3v) is 9.76. The number of imidazole rings is 1. The fourth-order valence-corrected chi connectivity index (χ4v) is 7.09. The molecule has 1 aromatic heterocycles. The summed E-state index contributed by atoms with van der Waals surface area (Å²) >= 11 is 14.1. The molecular formula is C33H34Cl2F2N4O2S. The first-order chi connectivity index (χ1) is 20.8. The Morgan fingerprint density at radius 3 is 2.48 bits per heavy atom. The second-order valence-corrected chi connectivity index (χ2v) is 13.9. The van der Waals surface area contributed by atoms with Crippen LogP contribution in [0.5, 0.6) is 5.75 Å². The lowest BCUT2D eigenvalue weighted by molar-refractivity contribution is -0.878. The molecule has 44 heavy (non-hydrogen) atoms. The smallest absolute Gasteiger partial charge is 0.173 e. The first-order valence-corrected chi connectivity index (χ1v) is 15.9. The van der Waals surface area contributed by atoms with Crippen LogP contribution in [0.15, 0.2) is 70.9 Å². The van der Waals surface area contributed by atoms with Crippen LogP contribution < -0.4 is 9.84 Å². The fraction of sp³-hybridized carbons (Fsp3) is 0.333. The number of rotatable bonds is 9. The van der Waals surface area contributed by atoms with Crippen molar-refractivity contribution in [2.75, 3.05) is 34.3 Å². The Morgan fingerprint density at radius 2 is 1.84 bits per heavy atom. The zero-order chi connectivity index (χ0) is 31.8. The molecule has 1 atom stereocenters. The van der Waals surface area contributed by atoms with Crippen molar-refractivity contribution in [2.24, 2.45) is 4.99 Å². The second-order valence-electron chi connectivity index (χ2n) is 12.1. The predicted molar refractivity (Wildman–Crippen MR) is 171 cm³/mol. The average Bonchev–Trinajstić information content (AvgIpc) is 3.55. The maximum atomic E-state index is 15.4. The predicted octanol–water partition coefficient (Wildman–Crippen LogP) is 7.04. The number of benzene rings is 3. The van der Waals surface area contributed by atoms with E-state index in [-0.39, 0.29) is 33.8 Å². The van der Waals surface area contributed by atoms with E-state index in [9.17, 15) is 9.50 Å². The van der Waals surface area contributed by atoms with Gasteiger partial charge in [0.2, 0.25) is 0 Å². The number of hydrogen-bond acceptors (Lipinski definition) is 5. The fourth-order valence-electron chi connectivity index (χ4n) is 5.51. The number of nitrogens with zero attached hydrogens (tertiary/aromatic N) is 4. The largest absolute Gasteiger partial charge is 0.858 e. The molecule has 3 aromatic carbocycles. The standard InChI is InChI=1S/C33H34Cl2F2N4O2S/c1-33(2,21-6-11-26(34)29(16-21)43-5)30-17-38-32(40(30)24-9-7-22(36)8-10-24)44-19-25-27(35)14-20(15-28(25)37)31(42)39-23-12-13-41(3,4)18-23/h6-11,14-17,23H,12-13,18-19H2,1-5H3/t23-/m1/s1. The van der Waals surface area contributed by atoms with E-state index in [0.717, 1.165) is 35.3 Å².